The van der Waals surface area contributed by atoms with Crippen molar-refractivity contribution in [3.63, 3.8) is 0 Å². The van der Waals surface area contributed by atoms with Gasteiger partial charge in [-0.2, -0.15) is 0 Å². The van der Waals surface area contributed by atoms with Crippen molar-refractivity contribution in [2.75, 3.05) is 5.32 Å². The Kier molecular flexibility index (Phi) is 5.28. The van der Waals surface area contributed by atoms with E-state index in [-0.39, 0.29) is 0 Å². The van der Waals surface area contributed by atoms with E-state index < -0.39 is 0 Å². The minimum absolute atomic E-state index is 0.960. The molecule has 0 aliphatic heterocycles. The van der Waals surface area contributed by atoms with E-state index in [0.29, 0.717) is 0 Å². The van der Waals surface area contributed by atoms with Crippen LogP contribution in [0.5, 0.6) is 0 Å². The van der Waals surface area contributed by atoms with E-state index in [1.165, 1.54) is 11.1 Å². The van der Waals surface area contributed by atoms with Gasteiger partial charge in [0, 0.05) is 11.4 Å². The average Bonchev–Trinajstić information content (AvgIpc) is 2.28. The van der Waals surface area contributed by atoms with E-state index in [9.17, 15) is 0 Å². The van der Waals surface area contributed by atoms with Gasteiger partial charge in [-0.25, -0.2) is 0 Å². The third-order valence-corrected chi connectivity index (χ3v) is 2.37. The Morgan fingerprint density at radius 3 is 2.41 bits per heavy atom. The zero-order chi connectivity index (χ0) is 12.7. The summed E-state index contributed by atoms with van der Waals surface area (Å²) in [7, 11) is 0. The molecule has 1 aromatic rings. The largest absolute Gasteiger partial charge is 0.360 e. The first-order chi connectivity index (χ1) is 8.11. The number of hydrogen-bond acceptors (Lipinski definition) is 1. The normalized spacial score (nSPS) is 11.8. The summed E-state index contributed by atoms with van der Waals surface area (Å²) in [6, 6.07) is 8.48. The second kappa shape index (κ2) is 6.74. The van der Waals surface area contributed by atoms with Gasteiger partial charge in [0.1, 0.15) is 0 Å². The van der Waals surface area contributed by atoms with Gasteiger partial charge in [-0.15, -0.1) is 0 Å². The van der Waals surface area contributed by atoms with Gasteiger partial charge in [0.25, 0.3) is 0 Å². The fourth-order valence-corrected chi connectivity index (χ4v) is 1.59. The molecule has 0 aliphatic carbocycles. The first kappa shape index (κ1) is 13.3. The van der Waals surface area contributed by atoms with Crippen molar-refractivity contribution in [1.29, 1.82) is 0 Å². The fraction of sp³-hybridized carbons (Fsp3) is 0.250. The van der Waals surface area contributed by atoms with Crippen LogP contribution in [0.3, 0.4) is 0 Å². The van der Waals surface area contributed by atoms with Gasteiger partial charge in [-0.3, -0.25) is 0 Å². The number of rotatable bonds is 5. The van der Waals surface area contributed by atoms with Crippen LogP contribution in [0.15, 0.2) is 60.3 Å². The second-order valence-corrected chi connectivity index (χ2v) is 4.32. The van der Waals surface area contributed by atoms with Crippen LogP contribution in [0.4, 0.5) is 5.69 Å². The smallest absolute Gasteiger partial charge is 0.0381 e. The summed E-state index contributed by atoms with van der Waals surface area (Å²) in [5.74, 6) is 0. The molecule has 0 atom stereocenters. The molecule has 0 saturated heterocycles. The molecule has 0 saturated carbocycles. The summed E-state index contributed by atoms with van der Waals surface area (Å²) in [4.78, 5) is 0. The molecular weight excluding hydrogens is 206 g/mol. The summed E-state index contributed by atoms with van der Waals surface area (Å²) in [5.41, 5.74) is 4.75. The lowest BCUT2D eigenvalue weighted by Gasteiger charge is -2.06. The molecule has 1 heteroatoms. The van der Waals surface area contributed by atoms with Crippen molar-refractivity contribution in [3.8, 4) is 0 Å². The summed E-state index contributed by atoms with van der Waals surface area (Å²) >= 11 is 0. The Morgan fingerprint density at radius 2 is 1.88 bits per heavy atom. The van der Waals surface area contributed by atoms with Crippen LogP contribution in [-0.2, 0) is 6.42 Å². The fourth-order valence-electron chi connectivity index (χ4n) is 1.59. The lowest BCUT2D eigenvalue weighted by Crippen LogP contribution is -1.94. The first-order valence-electron chi connectivity index (χ1n) is 5.91. The van der Waals surface area contributed by atoms with Gasteiger partial charge < -0.3 is 5.32 Å². The van der Waals surface area contributed by atoms with E-state index in [4.69, 9.17) is 0 Å². The Labute approximate surface area is 105 Å². The highest BCUT2D eigenvalue weighted by Crippen LogP contribution is 2.14. The van der Waals surface area contributed by atoms with E-state index in [0.717, 1.165) is 17.8 Å². The average molecular weight is 227 g/mol. The highest BCUT2D eigenvalue weighted by molar-refractivity contribution is 5.48. The maximum Gasteiger partial charge on any atom is 0.0381 e. The molecule has 0 heterocycles. The third kappa shape index (κ3) is 5.21. The third-order valence-electron chi connectivity index (χ3n) is 2.37. The molecule has 17 heavy (non-hydrogen) atoms. The standard InChI is InChI=1S/C16H21N/c1-5-6-7-14(4)12-15-8-10-16(11-9-15)17-13(2)3/h5-11,17H,2,12H2,1,3-4H3/b6-5-,14-7+. The zero-order valence-electron chi connectivity index (χ0n) is 11.0. The lowest BCUT2D eigenvalue weighted by molar-refractivity contribution is 1.14. The van der Waals surface area contributed by atoms with Crippen LogP contribution in [0.1, 0.15) is 26.3 Å². The van der Waals surface area contributed by atoms with Gasteiger partial charge in [-0.05, 0) is 44.9 Å². The van der Waals surface area contributed by atoms with Crippen LogP contribution in [0.25, 0.3) is 0 Å². The summed E-state index contributed by atoms with van der Waals surface area (Å²) in [6.45, 7) is 9.97. The minimum atomic E-state index is 0.960. The maximum atomic E-state index is 3.83. The Balaban J connectivity index is 2.65. The quantitative estimate of drug-likeness (QED) is 0.719. The van der Waals surface area contributed by atoms with Crippen molar-refractivity contribution < 1.29 is 0 Å². The van der Waals surface area contributed by atoms with E-state index >= 15 is 0 Å². The summed E-state index contributed by atoms with van der Waals surface area (Å²) < 4.78 is 0. The van der Waals surface area contributed by atoms with Crippen molar-refractivity contribution >= 4 is 5.69 Å². The molecule has 0 bridgehead atoms. The molecule has 0 radical (unpaired) electrons. The second-order valence-electron chi connectivity index (χ2n) is 4.32. The molecule has 0 aromatic heterocycles. The van der Waals surface area contributed by atoms with Gasteiger partial charge in [0.2, 0.25) is 0 Å². The zero-order valence-corrected chi connectivity index (χ0v) is 11.0. The van der Waals surface area contributed by atoms with Crippen LogP contribution in [-0.4, -0.2) is 0 Å². The number of benzene rings is 1. The van der Waals surface area contributed by atoms with Crippen molar-refractivity contribution in [3.05, 3.63) is 65.9 Å². The Morgan fingerprint density at radius 1 is 1.24 bits per heavy atom. The number of nitrogens with one attached hydrogen (secondary N) is 1. The molecule has 0 amide bonds. The minimum Gasteiger partial charge on any atom is -0.360 e. The van der Waals surface area contributed by atoms with Crippen molar-refractivity contribution in [2.45, 2.75) is 27.2 Å². The Hall–Kier alpha value is -1.76. The van der Waals surface area contributed by atoms with Gasteiger partial charge >= 0.3 is 0 Å². The van der Waals surface area contributed by atoms with E-state index in [1.807, 2.05) is 19.9 Å². The van der Waals surface area contributed by atoms with Crippen LogP contribution < -0.4 is 5.32 Å². The Bertz CT molecular complexity index is 421. The van der Waals surface area contributed by atoms with Crippen LogP contribution >= 0.6 is 0 Å². The molecule has 1 N–H and O–H groups in total. The van der Waals surface area contributed by atoms with Crippen molar-refractivity contribution in [2.24, 2.45) is 0 Å². The molecule has 90 valence electrons. The summed E-state index contributed by atoms with van der Waals surface area (Å²) in [6.07, 6.45) is 7.27. The number of allylic oxidation sites excluding steroid dienone is 5. The monoisotopic (exact) mass is 227 g/mol. The van der Waals surface area contributed by atoms with E-state index in [1.54, 1.807) is 0 Å². The first-order valence-corrected chi connectivity index (χ1v) is 5.91. The predicted molar refractivity (Wildman–Crippen MR) is 77.2 cm³/mol. The van der Waals surface area contributed by atoms with Gasteiger partial charge in [0.15, 0.2) is 0 Å². The maximum absolute atomic E-state index is 3.83. The molecule has 1 rings (SSSR count). The van der Waals surface area contributed by atoms with Gasteiger partial charge in [-0.1, -0.05) is 42.5 Å². The topological polar surface area (TPSA) is 12.0 Å². The molecule has 0 aliphatic rings. The highest BCUT2D eigenvalue weighted by Gasteiger charge is 1.95. The number of hydrogen-bond donors (Lipinski definition) is 1. The number of anilines is 1. The molecule has 1 aromatic carbocycles. The highest BCUT2D eigenvalue weighted by atomic mass is 14.9. The molecule has 0 spiro atoms. The van der Waals surface area contributed by atoms with E-state index in [2.05, 4.69) is 55.2 Å². The van der Waals surface area contributed by atoms with Gasteiger partial charge in [0.05, 0.1) is 0 Å². The van der Waals surface area contributed by atoms with Crippen LogP contribution in [0, 0.1) is 0 Å². The van der Waals surface area contributed by atoms with Crippen molar-refractivity contribution in [1.82, 2.24) is 0 Å². The summed E-state index contributed by atoms with van der Waals surface area (Å²) in [5, 5.41) is 3.20. The molecular formula is C16H21N. The molecule has 0 unspecified atom stereocenters. The molecule has 0 fully saturated rings. The lowest BCUT2D eigenvalue weighted by atomic mass is 10.1. The SMILES string of the molecule is C=C(C)Nc1ccc(C/C(C)=C/C=C\C)cc1. The predicted octanol–water partition coefficient (Wildman–Crippen LogP) is 4.70. The van der Waals surface area contributed by atoms with Crippen LogP contribution in [0.2, 0.25) is 0 Å². The molecule has 1 nitrogen and oxygen atoms in total.